The van der Waals surface area contributed by atoms with Crippen molar-refractivity contribution in [1.82, 2.24) is 14.2 Å². The Morgan fingerprint density at radius 3 is 1.20 bits per heavy atom. The number of nitrogens with zero attached hydrogens (tertiary/aromatic N) is 3. The third kappa shape index (κ3) is 2.91. The number of benzene rings is 3. The zero-order chi connectivity index (χ0) is 30.3. The number of likely N-dealkylation sites (tertiary alicyclic amines) is 1. The first-order valence-corrected chi connectivity index (χ1v) is 18.7. The van der Waals surface area contributed by atoms with Crippen LogP contribution in [0.15, 0.2) is 91.0 Å². The molecule has 3 aromatic rings. The zero-order valence-electron chi connectivity index (χ0n) is 23.8. The molecule has 0 aromatic heterocycles. The molecule has 0 atom stereocenters. The van der Waals surface area contributed by atoms with E-state index in [0.717, 1.165) is 12.8 Å². The van der Waals surface area contributed by atoms with E-state index in [2.05, 4.69) is 4.90 Å². The van der Waals surface area contributed by atoms with Crippen LogP contribution in [0.2, 0.25) is 0 Å². The summed E-state index contributed by atoms with van der Waals surface area (Å²) in [6, 6.07) is 27.4. The van der Waals surface area contributed by atoms with Gasteiger partial charge in [0.15, 0.2) is 0 Å². The van der Waals surface area contributed by atoms with Crippen LogP contribution in [0.5, 0.6) is 0 Å². The Morgan fingerprint density at radius 2 is 0.841 bits per heavy atom. The number of rotatable bonds is 6. The molecular weight excluding hydrogens is 604 g/mol. The molecule has 0 spiro atoms. The molecule has 0 amide bonds. The molecule has 0 N–H and O–H groups in total. The Labute approximate surface area is 253 Å². The van der Waals surface area contributed by atoms with Crippen molar-refractivity contribution in [3.8, 4) is 0 Å². The Morgan fingerprint density at radius 1 is 0.500 bits per heavy atom. The number of fused-ring (bicyclic) bond motifs is 2. The van der Waals surface area contributed by atoms with Gasteiger partial charge in [0.2, 0.25) is 0 Å². The van der Waals surface area contributed by atoms with Gasteiger partial charge < -0.3 is 0 Å². The first-order chi connectivity index (χ1) is 21.3. The number of carbonyl (C=O) groups excluding carboxylic acids is 4. The third-order valence-electron chi connectivity index (χ3n) is 9.59. The molecule has 5 aliphatic heterocycles. The summed E-state index contributed by atoms with van der Waals surface area (Å²) in [4.78, 5) is 57.6. The van der Waals surface area contributed by atoms with E-state index < -0.39 is 43.3 Å². The Bertz CT molecular complexity index is 1580. The molecule has 13 heteroatoms. The minimum absolute atomic E-state index is 0.232. The third-order valence-corrected chi connectivity index (χ3v) is 22.2. The van der Waals surface area contributed by atoms with Crippen LogP contribution in [-0.2, 0) is 42.3 Å². The van der Waals surface area contributed by atoms with Gasteiger partial charge in [-0.25, -0.2) is 0 Å². The van der Waals surface area contributed by atoms with Gasteiger partial charge in [0, 0.05) is 0 Å². The fourth-order valence-electron chi connectivity index (χ4n) is 8.43. The fourth-order valence-corrected chi connectivity index (χ4v) is 23.7. The first-order valence-electron chi connectivity index (χ1n) is 14.7. The molecule has 228 valence electrons. The summed E-state index contributed by atoms with van der Waals surface area (Å²) in [6.07, 6.45) is 1.53. The van der Waals surface area contributed by atoms with Gasteiger partial charge >= 0.3 is 254 Å². The van der Waals surface area contributed by atoms with Crippen molar-refractivity contribution in [2.24, 2.45) is 0 Å². The molecule has 3 aromatic carbocycles. The Hall–Kier alpha value is -3.72. The van der Waals surface area contributed by atoms with Crippen LogP contribution in [0, 0.1) is 0 Å². The van der Waals surface area contributed by atoms with Crippen molar-refractivity contribution >= 4 is 48.9 Å². The molecule has 5 saturated heterocycles. The molecule has 44 heavy (non-hydrogen) atoms. The Kier molecular flexibility index (Phi) is 5.79. The van der Waals surface area contributed by atoms with Crippen LogP contribution in [0.25, 0.3) is 0 Å². The molecule has 5 fully saturated rings. The zero-order valence-corrected chi connectivity index (χ0v) is 25.6. The molecule has 5 heterocycles. The van der Waals surface area contributed by atoms with E-state index in [0.29, 0.717) is 29.3 Å². The predicted molar refractivity (Wildman–Crippen MR) is 162 cm³/mol. The quantitative estimate of drug-likeness (QED) is 0.373. The second-order valence-electron chi connectivity index (χ2n) is 11.7. The monoisotopic (exact) mass is 635 g/mol. The molecule has 0 bridgehead atoms. The van der Waals surface area contributed by atoms with Gasteiger partial charge in [-0.2, -0.15) is 0 Å². The van der Waals surface area contributed by atoms with E-state index in [-0.39, 0.29) is 26.2 Å². The van der Waals surface area contributed by atoms with Crippen LogP contribution in [0.4, 0.5) is 0 Å². The SMILES string of the molecule is O=C1CN2CC(=O)OP2(c2ccccc2)(C(c2ccccc2)(N2CCCC2)P23(c4ccccc4)OC(=O)CN2CC(=O)O3)O1. The van der Waals surface area contributed by atoms with Crippen LogP contribution >= 0.6 is 14.4 Å². The van der Waals surface area contributed by atoms with Crippen molar-refractivity contribution in [3.63, 3.8) is 0 Å². The van der Waals surface area contributed by atoms with E-state index in [1.807, 2.05) is 42.5 Å². The molecule has 0 aliphatic carbocycles. The Balaban J connectivity index is 1.69. The van der Waals surface area contributed by atoms with Gasteiger partial charge in [-0.15, -0.1) is 0 Å². The fraction of sp³-hybridized carbons (Fsp3) is 0.290. The van der Waals surface area contributed by atoms with E-state index in [4.69, 9.17) is 18.1 Å². The molecule has 0 unspecified atom stereocenters. The van der Waals surface area contributed by atoms with Gasteiger partial charge in [0.25, 0.3) is 0 Å². The van der Waals surface area contributed by atoms with Crippen LogP contribution in [0.1, 0.15) is 18.4 Å². The van der Waals surface area contributed by atoms with Gasteiger partial charge in [-0.1, -0.05) is 0 Å². The summed E-state index contributed by atoms with van der Waals surface area (Å²) in [5.74, 6) is -2.31. The van der Waals surface area contributed by atoms with Crippen molar-refractivity contribution in [3.05, 3.63) is 96.6 Å². The number of carbonyl (C=O) groups is 4. The minimum atomic E-state index is -5.24. The van der Waals surface area contributed by atoms with Crippen molar-refractivity contribution < 1.29 is 37.3 Å². The summed E-state index contributed by atoms with van der Waals surface area (Å²) in [7, 11) is -10.5. The summed E-state index contributed by atoms with van der Waals surface area (Å²) in [5, 5.41) is -0.882. The van der Waals surface area contributed by atoms with Gasteiger partial charge in [-0.05, 0) is 0 Å². The van der Waals surface area contributed by atoms with E-state index in [1.54, 1.807) is 57.9 Å². The molecular formula is C31H31N3O8P2. The molecule has 8 rings (SSSR count). The maximum absolute atomic E-state index is 13.9. The normalized spacial score (nSPS) is 28.2. The first kappa shape index (κ1) is 27.8. The van der Waals surface area contributed by atoms with E-state index in [1.165, 1.54) is 0 Å². The molecule has 0 radical (unpaired) electrons. The second kappa shape index (κ2) is 9.16. The topological polar surface area (TPSA) is 115 Å². The standard InChI is InChI=1S/C31H31N3O8P2/c35-27-20-33-21-28(36)40-43(33,39-27,25-14-6-2-7-15-25)31(32-18-10-11-19-32,24-12-4-1-5-13-24)44(26-16-8-3-9-17-26)34(22-29(37)41-44)23-30(38)42-44/h1-9,12-17H,10-11,18-23H2. The second-order valence-corrected chi connectivity index (χ2v) is 19.9. The van der Waals surface area contributed by atoms with Crippen molar-refractivity contribution in [2.75, 3.05) is 39.3 Å². The van der Waals surface area contributed by atoms with Gasteiger partial charge in [-0.3, -0.25) is 0 Å². The van der Waals surface area contributed by atoms with Crippen molar-refractivity contribution in [2.45, 2.75) is 17.9 Å². The van der Waals surface area contributed by atoms with Gasteiger partial charge in [0.1, 0.15) is 0 Å². The molecule has 11 nitrogen and oxygen atoms in total. The summed E-state index contributed by atoms with van der Waals surface area (Å²) in [6.45, 7) is 0.00865. The van der Waals surface area contributed by atoms with Crippen molar-refractivity contribution in [1.29, 1.82) is 0 Å². The summed E-state index contributed by atoms with van der Waals surface area (Å²) >= 11 is 0. The summed E-state index contributed by atoms with van der Waals surface area (Å²) in [5.41, 5.74) is 0.564. The van der Waals surface area contributed by atoms with Crippen LogP contribution in [-0.4, -0.2) is 77.4 Å². The van der Waals surface area contributed by atoms with E-state index in [9.17, 15) is 19.2 Å². The van der Waals surface area contributed by atoms with Gasteiger partial charge in [0.05, 0.1) is 0 Å². The van der Waals surface area contributed by atoms with Crippen LogP contribution in [0.3, 0.4) is 0 Å². The average molecular weight is 636 g/mol. The number of hydrogen-bond donors (Lipinski definition) is 0. The van der Waals surface area contributed by atoms with E-state index >= 15 is 0 Å². The maximum atomic E-state index is 13.9. The molecule has 0 saturated carbocycles. The molecule has 5 aliphatic rings. The van der Waals surface area contributed by atoms with Crippen LogP contribution < -0.4 is 10.6 Å². The number of hydrogen-bond acceptors (Lipinski definition) is 11. The average Bonchev–Trinajstić information content (AvgIpc) is 3.81. The predicted octanol–water partition coefficient (Wildman–Crippen LogP) is 2.97. The summed E-state index contributed by atoms with van der Waals surface area (Å²) < 4.78 is 30.8.